The third-order valence-electron chi connectivity index (χ3n) is 3.25. The summed E-state index contributed by atoms with van der Waals surface area (Å²) in [6, 6.07) is 10.9. The average Bonchev–Trinajstić information content (AvgIpc) is 2.50. The van der Waals surface area contributed by atoms with E-state index in [1.54, 1.807) is 17.4 Å². The number of nitrogens with two attached hydrogens (primary N) is 1. The van der Waals surface area contributed by atoms with E-state index in [0.717, 1.165) is 16.6 Å². The van der Waals surface area contributed by atoms with Crippen LogP contribution in [-0.2, 0) is 4.79 Å². The highest BCUT2D eigenvalue weighted by atomic mass is 79.9. The van der Waals surface area contributed by atoms with Gasteiger partial charge in [0.05, 0.1) is 0 Å². The fourth-order valence-corrected chi connectivity index (χ4v) is 2.23. The third-order valence-corrected chi connectivity index (χ3v) is 3.78. The molecule has 0 aliphatic rings. The van der Waals surface area contributed by atoms with Gasteiger partial charge in [-0.3, -0.25) is 4.79 Å². The fourth-order valence-electron chi connectivity index (χ4n) is 1.96. The first-order valence-electron chi connectivity index (χ1n) is 6.79. The summed E-state index contributed by atoms with van der Waals surface area (Å²) in [4.78, 5) is 11.9. The Morgan fingerprint density at radius 2 is 1.86 bits per heavy atom. The van der Waals surface area contributed by atoms with Gasteiger partial charge < -0.3 is 10.6 Å². The minimum absolute atomic E-state index is 0.147. The van der Waals surface area contributed by atoms with E-state index in [4.69, 9.17) is 0 Å². The smallest absolute Gasteiger partial charge is 0.279 e. The number of carbonyl (C=O) groups is 1. The lowest BCUT2D eigenvalue weighted by Gasteiger charge is -2.11. The number of benzene rings is 2. The number of amides is 1. The largest absolute Gasteiger partial charge is 0.333 e. The van der Waals surface area contributed by atoms with Gasteiger partial charge >= 0.3 is 0 Å². The lowest BCUT2D eigenvalue weighted by atomic mass is 10.1. The molecule has 2 rings (SSSR count). The average molecular weight is 370 g/mol. The second-order valence-corrected chi connectivity index (χ2v) is 5.87. The molecule has 0 spiro atoms. The summed E-state index contributed by atoms with van der Waals surface area (Å²) in [5, 5.41) is 4.54. The van der Waals surface area contributed by atoms with Crippen LogP contribution >= 0.6 is 15.9 Å². The molecule has 116 valence electrons. The summed E-state index contributed by atoms with van der Waals surface area (Å²) in [6.07, 6.45) is 0. The van der Waals surface area contributed by atoms with Gasteiger partial charge in [0.1, 0.15) is 6.04 Å². The van der Waals surface area contributed by atoms with Crippen LogP contribution in [-0.4, -0.2) is 12.5 Å². The zero-order chi connectivity index (χ0) is 16.1. The van der Waals surface area contributed by atoms with Crippen molar-refractivity contribution in [2.24, 2.45) is 0 Å². The normalized spacial score (nSPS) is 12.0. The van der Waals surface area contributed by atoms with Gasteiger partial charge in [0.25, 0.3) is 5.91 Å². The van der Waals surface area contributed by atoms with Crippen molar-refractivity contribution in [3.05, 3.63) is 64.1 Å². The third kappa shape index (κ3) is 4.61. The Hall–Kier alpha value is -1.79. The quantitative estimate of drug-likeness (QED) is 0.835. The number of quaternary nitrogens is 1. The summed E-state index contributed by atoms with van der Waals surface area (Å²) >= 11 is 3.32. The summed E-state index contributed by atoms with van der Waals surface area (Å²) < 4.78 is 27.0. The van der Waals surface area contributed by atoms with Crippen molar-refractivity contribution in [3.8, 4) is 0 Å². The summed E-state index contributed by atoms with van der Waals surface area (Å²) in [5.41, 5.74) is 1.34. The van der Waals surface area contributed by atoms with Crippen LogP contribution in [0, 0.1) is 11.6 Å². The van der Waals surface area contributed by atoms with E-state index in [1.165, 1.54) is 6.07 Å². The van der Waals surface area contributed by atoms with E-state index in [-0.39, 0.29) is 18.5 Å². The molecule has 1 atom stereocenters. The maximum Gasteiger partial charge on any atom is 0.279 e. The Labute approximate surface area is 135 Å². The van der Waals surface area contributed by atoms with E-state index in [9.17, 15) is 13.6 Å². The van der Waals surface area contributed by atoms with Crippen molar-refractivity contribution in [3.63, 3.8) is 0 Å². The lowest BCUT2D eigenvalue weighted by Crippen LogP contribution is -2.86. The number of nitrogens with one attached hydrogen (secondary N) is 1. The zero-order valence-electron chi connectivity index (χ0n) is 11.9. The van der Waals surface area contributed by atoms with Crippen LogP contribution in [0.2, 0.25) is 0 Å². The van der Waals surface area contributed by atoms with Gasteiger partial charge in [0.2, 0.25) is 0 Å². The molecule has 3 nitrogen and oxygen atoms in total. The van der Waals surface area contributed by atoms with E-state index >= 15 is 0 Å². The molecule has 22 heavy (non-hydrogen) atoms. The molecule has 0 radical (unpaired) electrons. The Morgan fingerprint density at radius 3 is 2.50 bits per heavy atom. The van der Waals surface area contributed by atoms with Crippen LogP contribution < -0.4 is 10.6 Å². The van der Waals surface area contributed by atoms with Crippen molar-refractivity contribution >= 4 is 27.5 Å². The maximum absolute atomic E-state index is 13.2. The number of hydrogen-bond donors (Lipinski definition) is 2. The molecule has 3 N–H and O–H groups in total. The minimum Gasteiger partial charge on any atom is -0.333 e. The number of halogens is 3. The van der Waals surface area contributed by atoms with Crippen LogP contribution in [0.25, 0.3) is 0 Å². The van der Waals surface area contributed by atoms with Gasteiger partial charge in [-0.15, -0.1) is 0 Å². The molecule has 0 aliphatic carbocycles. The van der Waals surface area contributed by atoms with Crippen molar-refractivity contribution in [1.29, 1.82) is 0 Å². The van der Waals surface area contributed by atoms with Gasteiger partial charge in [-0.2, -0.15) is 0 Å². The first-order chi connectivity index (χ1) is 10.5. The molecule has 0 saturated carbocycles. The van der Waals surface area contributed by atoms with E-state index in [2.05, 4.69) is 21.2 Å². The molecule has 0 heterocycles. The van der Waals surface area contributed by atoms with Gasteiger partial charge in [0, 0.05) is 15.7 Å². The first-order valence-corrected chi connectivity index (χ1v) is 7.58. The molecule has 1 amide bonds. The predicted molar refractivity (Wildman–Crippen MR) is 84.3 cm³/mol. The molecule has 2 aromatic rings. The van der Waals surface area contributed by atoms with E-state index < -0.39 is 11.6 Å². The molecular formula is C16H16BrF2N2O+. The Bertz CT molecular complexity index is 662. The second kappa shape index (κ2) is 7.47. The molecule has 2 aromatic carbocycles. The van der Waals surface area contributed by atoms with Crippen molar-refractivity contribution in [2.75, 3.05) is 11.9 Å². The van der Waals surface area contributed by atoms with Crippen molar-refractivity contribution in [1.82, 2.24) is 0 Å². The Morgan fingerprint density at radius 1 is 1.18 bits per heavy atom. The van der Waals surface area contributed by atoms with E-state index in [1.807, 2.05) is 19.1 Å². The second-order valence-electron chi connectivity index (χ2n) is 4.96. The molecule has 0 aliphatic heterocycles. The molecular weight excluding hydrogens is 354 g/mol. The molecule has 6 heteroatoms. The number of rotatable bonds is 5. The molecule has 0 bridgehead atoms. The SMILES string of the molecule is C[C@@H]([NH2+]CC(=O)Nc1ccc(Br)cc1)c1ccc(F)c(F)c1. The highest BCUT2D eigenvalue weighted by Gasteiger charge is 2.13. The fraction of sp³-hybridized carbons (Fsp3) is 0.188. The number of hydrogen-bond acceptors (Lipinski definition) is 1. The van der Waals surface area contributed by atoms with Gasteiger partial charge in [-0.25, -0.2) is 8.78 Å². The highest BCUT2D eigenvalue weighted by molar-refractivity contribution is 9.10. The molecule has 0 unspecified atom stereocenters. The molecule has 0 saturated heterocycles. The molecule has 0 aromatic heterocycles. The summed E-state index contributed by atoms with van der Waals surface area (Å²) in [6.45, 7) is 2.02. The van der Waals surface area contributed by atoms with Crippen molar-refractivity contribution < 1.29 is 18.9 Å². The van der Waals surface area contributed by atoms with E-state index in [0.29, 0.717) is 11.3 Å². The molecule has 0 fully saturated rings. The van der Waals surface area contributed by atoms with Crippen LogP contribution in [0.3, 0.4) is 0 Å². The maximum atomic E-state index is 13.2. The standard InChI is InChI=1S/C16H15BrF2N2O/c1-10(11-2-7-14(18)15(19)8-11)20-9-16(22)21-13-5-3-12(17)4-6-13/h2-8,10,20H,9H2,1H3,(H,21,22)/p+1/t10-/m1/s1. The predicted octanol–water partition coefficient (Wildman–Crippen LogP) is 2.99. The zero-order valence-corrected chi connectivity index (χ0v) is 13.5. The first kappa shape index (κ1) is 16.6. The van der Waals surface area contributed by atoms with Crippen LogP contribution in [0.5, 0.6) is 0 Å². The number of anilines is 1. The van der Waals surface area contributed by atoms with Gasteiger partial charge in [-0.1, -0.05) is 15.9 Å². The van der Waals surface area contributed by atoms with Crippen molar-refractivity contribution in [2.45, 2.75) is 13.0 Å². The van der Waals surface area contributed by atoms with Crippen LogP contribution in [0.1, 0.15) is 18.5 Å². The van der Waals surface area contributed by atoms with Crippen LogP contribution in [0.4, 0.5) is 14.5 Å². The summed E-state index contributed by atoms with van der Waals surface area (Å²) in [5.74, 6) is -1.90. The van der Waals surface area contributed by atoms with Gasteiger partial charge in [-0.05, 0) is 49.4 Å². The lowest BCUT2D eigenvalue weighted by molar-refractivity contribution is -0.682. The van der Waals surface area contributed by atoms with Crippen LogP contribution in [0.15, 0.2) is 46.9 Å². The monoisotopic (exact) mass is 369 g/mol. The van der Waals surface area contributed by atoms with Gasteiger partial charge in [0.15, 0.2) is 18.2 Å². The minimum atomic E-state index is -0.878. The Balaban J connectivity index is 1.87. The Kier molecular flexibility index (Phi) is 5.63. The number of carbonyl (C=O) groups excluding carboxylic acids is 1. The highest BCUT2D eigenvalue weighted by Crippen LogP contribution is 2.14. The summed E-state index contributed by atoms with van der Waals surface area (Å²) in [7, 11) is 0. The topological polar surface area (TPSA) is 45.7 Å².